The van der Waals surface area contributed by atoms with E-state index in [0.29, 0.717) is 0 Å². The first-order chi connectivity index (χ1) is 32.7. The second-order valence-electron chi connectivity index (χ2n) is 20.7. The summed E-state index contributed by atoms with van der Waals surface area (Å²) in [6.07, 6.45) is 4.33. The Balaban J connectivity index is 1.20. The van der Waals surface area contributed by atoms with Crippen molar-refractivity contribution in [3.8, 4) is 50.6 Å². The molecule has 11 aromatic rings. The molecule has 0 N–H and O–H groups in total. The van der Waals surface area contributed by atoms with Gasteiger partial charge >= 0.3 is 0 Å². The summed E-state index contributed by atoms with van der Waals surface area (Å²) in [5.41, 5.74) is 23.9. The van der Waals surface area contributed by atoms with Crippen molar-refractivity contribution >= 4 is 38.1 Å². The molecule has 0 saturated heterocycles. The molecule has 3 heteroatoms. The zero-order valence-electron chi connectivity index (χ0n) is 38.2. The van der Waals surface area contributed by atoms with Crippen LogP contribution in [0.15, 0.2) is 176 Å². The standard InChI is InChI=1S/C64H47N3/c1-63(2)28-29-64(3,4)62-60(63)58-50-33-41(53-47(38-20-10-6-11-21-38)30-40(37-18-8-5-9-19-37)31-48(53)39-22-12-7-13-23-39)32-49-57-51(67(61(49)50)52(58)36-66-62)34-42(35-65)54-55-43-24-14-16-26-45(43)56(59(54)57)46-27-17-15-25-44(46)55/h5-27,30-34,36,55-56H,28-29H2,1-4H3. The maximum atomic E-state index is 11.3. The molecule has 3 aromatic heterocycles. The number of nitrogens with zero attached hydrogens (tertiary/aromatic N) is 3. The van der Waals surface area contributed by atoms with Crippen molar-refractivity contribution in [1.82, 2.24) is 9.38 Å². The molecule has 4 aliphatic rings. The highest BCUT2D eigenvalue weighted by atomic mass is 14.9. The average Bonchev–Trinajstić information content (AvgIpc) is 3.89. The lowest BCUT2D eigenvalue weighted by Crippen LogP contribution is -2.35. The van der Waals surface area contributed by atoms with Gasteiger partial charge in [-0.3, -0.25) is 4.98 Å². The average molecular weight is 858 g/mol. The Morgan fingerprint density at radius 3 is 1.55 bits per heavy atom. The first-order valence-corrected chi connectivity index (χ1v) is 23.9. The van der Waals surface area contributed by atoms with E-state index in [1.54, 1.807) is 0 Å². The molecule has 0 fully saturated rings. The highest BCUT2D eigenvalue weighted by Crippen LogP contribution is 2.61. The molecule has 0 radical (unpaired) electrons. The number of rotatable bonds is 4. The van der Waals surface area contributed by atoms with Crippen LogP contribution in [-0.2, 0) is 10.8 Å². The summed E-state index contributed by atoms with van der Waals surface area (Å²) in [7, 11) is 0. The molecule has 0 aliphatic heterocycles. The molecule has 4 aliphatic carbocycles. The van der Waals surface area contributed by atoms with Crippen molar-refractivity contribution in [2.24, 2.45) is 0 Å². The molecule has 8 aromatic carbocycles. The van der Waals surface area contributed by atoms with E-state index in [4.69, 9.17) is 4.98 Å². The van der Waals surface area contributed by atoms with Gasteiger partial charge in [-0.05, 0) is 132 Å². The van der Waals surface area contributed by atoms with Gasteiger partial charge in [-0.1, -0.05) is 167 Å². The van der Waals surface area contributed by atoms with Gasteiger partial charge in [0, 0.05) is 38.8 Å². The summed E-state index contributed by atoms with van der Waals surface area (Å²) < 4.78 is 2.50. The Morgan fingerprint density at radius 2 is 1.00 bits per heavy atom. The van der Waals surface area contributed by atoms with Crippen LogP contribution in [0.2, 0.25) is 0 Å². The van der Waals surface area contributed by atoms with Crippen LogP contribution in [0.5, 0.6) is 0 Å². The van der Waals surface area contributed by atoms with Crippen molar-refractivity contribution in [1.29, 1.82) is 5.26 Å². The molecule has 0 saturated carbocycles. The van der Waals surface area contributed by atoms with Gasteiger partial charge in [-0.2, -0.15) is 5.26 Å². The predicted octanol–water partition coefficient (Wildman–Crippen LogP) is 16.1. The summed E-state index contributed by atoms with van der Waals surface area (Å²) >= 11 is 0. The third kappa shape index (κ3) is 5.19. The van der Waals surface area contributed by atoms with Gasteiger partial charge in [0.25, 0.3) is 0 Å². The van der Waals surface area contributed by atoms with Crippen LogP contribution >= 0.6 is 0 Å². The lowest BCUT2D eigenvalue weighted by atomic mass is 9.59. The number of nitriles is 1. The zero-order chi connectivity index (χ0) is 44.9. The normalized spacial score (nSPS) is 17.4. The van der Waals surface area contributed by atoms with Crippen molar-refractivity contribution in [2.75, 3.05) is 0 Å². The molecule has 0 atom stereocenters. The highest BCUT2D eigenvalue weighted by Gasteiger charge is 2.45. The second kappa shape index (κ2) is 13.6. The van der Waals surface area contributed by atoms with Crippen LogP contribution in [0.25, 0.3) is 82.6 Å². The Morgan fingerprint density at radius 1 is 0.507 bits per heavy atom. The summed E-state index contributed by atoms with van der Waals surface area (Å²) in [6, 6.07) is 65.6. The second-order valence-corrected chi connectivity index (χ2v) is 20.7. The van der Waals surface area contributed by atoms with Crippen LogP contribution in [0.4, 0.5) is 0 Å². The molecular formula is C64H47N3. The molecule has 0 unspecified atom stereocenters. The lowest BCUT2D eigenvalue weighted by Gasteiger charge is -2.43. The van der Waals surface area contributed by atoms with Crippen LogP contribution in [0, 0.1) is 11.3 Å². The zero-order valence-corrected chi connectivity index (χ0v) is 38.2. The number of aromatic nitrogens is 2. The minimum atomic E-state index is -0.101. The summed E-state index contributed by atoms with van der Waals surface area (Å²) in [6.45, 7) is 9.60. The lowest BCUT2D eigenvalue weighted by molar-refractivity contribution is 0.326. The van der Waals surface area contributed by atoms with Crippen molar-refractivity contribution in [3.63, 3.8) is 0 Å². The van der Waals surface area contributed by atoms with E-state index >= 15 is 0 Å². The molecule has 67 heavy (non-hydrogen) atoms. The number of pyridine rings is 1. The van der Waals surface area contributed by atoms with Gasteiger partial charge in [-0.25, -0.2) is 0 Å². The van der Waals surface area contributed by atoms with Gasteiger partial charge < -0.3 is 4.40 Å². The number of hydrogen-bond acceptors (Lipinski definition) is 2. The van der Waals surface area contributed by atoms with Crippen molar-refractivity contribution < 1.29 is 0 Å². The van der Waals surface area contributed by atoms with E-state index in [9.17, 15) is 5.26 Å². The monoisotopic (exact) mass is 857 g/mol. The summed E-state index contributed by atoms with van der Waals surface area (Å²) in [5.74, 6) is -0.0427. The molecule has 3 heterocycles. The molecule has 2 bridgehead atoms. The van der Waals surface area contributed by atoms with Gasteiger partial charge in [0.15, 0.2) is 0 Å². The molecule has 15 rings (SSSR count). The fourth-order valence-corrected chi connectivity index (χ4v) is 13.1. The van der Waals surface area contributed by atoms with E-state index in [-0.39, 0.29) is 22.7 Å². The molecule has 0 spiro atoms. The van der Waals surface area contributed by atoms with Crippen molar-refractivity contribution in [2.45, 2.75) is 63.2 Å². The molecule has 3 nitrogen and oxygen atoms in total. The van der Waals surface area contributed by atoms with E-state index in [1.807, 2.05) is 0 Å². The van der Waals surface area contributed by atoms with E-state index < -0.39 is 0 Å². The van der Waals surface area contributed by atoms with Crippen LogP contribution in [0.3, 0.4) is 0 Å². The first-order valence-electron chi connectivity index (χ1n) is 23.9. The quantitative estimate of drug-likeness (QED) is 0.177. The number of fused-ring (bicyclic) bond motifs is 8. The Hall–Kier alpha value is -7.80. The molecule has 318 valence electrons. The smallest absolute Gasteiger partial charge is 0.0995 e. The minimum Gasteiger partial charge on any atom is -0.306 e. The third-order valence-corrected chi connectivity index (χ3v) is 16.1. The van der Waals surface area contributed by atoms with E-state index in [0.717, 1.165) is 35.0 Å². The highest BCUT2D eigenvalue weighted by molar-refractivity contribution is 6.27. The third-order valence-electron chi connectivity index (χ3n) is 16.1. The fourth-order valence-electron chi connectivity index (χ4n) is 13.1. The van der Waals surface area contributed by atoms with Crippen LogP contribution < -0.4 is 0 Å². The maximum absolute atomic E-state index is 11.3. The number of benzene rings is 8. The van der Waals surface area contributed by atoms with Gasteiger partial charge in [0.1, 0.15) is 0 Å². The minimum absolute atomic E-state index is 0.0143. The Kier molecular flexibility index (Phi) is 7.83. The van der Waals surface area contributed by atoms with Crippen LogP contribution in [0.1, 0.15) is 103 Å². The van der Waals surface area contributed by atoms with E-state index in [2.05, 4.69) is 214 Å². The van der Waals surface area contributed by atoms with E-state index in [1.165, 1.54) is 111 Å². The van der Waals surface area contributed by atoms with Gasteiger partial charge in [-0.15, -0.1) is 0 Å². The van der Waals surface area contributed by atoms with Crippen molar-refractivity contribution in [3.05, 3.63) is 226 Å². The Labute approximate surface area is 391 Å². The summed E-state index contributed by atoms with van der Waals surface area (Å²) in [5, 5.41) is 16.3. The topological polar surface area (TPSA) is 41.1 Å². The molecular weight excluding hydrogens is 811 g/mol. The largest absolute Gasteiger partial charge is 0.306 e. The number of hydrogen-bond donors (Lipinski definition) is 0. The fraction of sp³-hybridized carbons (Fsp3) is 0.156. The summed E-state index contributed by atoms with van der Waals surface area (Å²) in [4.78, 5) is 5.46. The maximum Gasteiger partial charge on any atom is 0.0995 e. The van der Waals surface area contributed by atoms with Crippen LogP contribution in [-0.4, -0.2) is 9.38 Å². The molecule has 0 amide bonds. The first kappa shape index (κ1) is 38.5. The predicted molar refractivity (Wildman–Crippen MR) is 275 cm³/mol. The Bertz CT molecular complexity index is 3810. The van der Waals surface area contributed by atoms with Gasteiger partial charge in [0.05, 0.1) is 40.1 Å². The van der Waals surface area contributed by atoms with Gasteiger partial charge in [0.2, 0.25) is 0 Å². The SMILES string of the molecule is CC1(C)CCC(C)(C)c2c1ncc1c2c2cc(-c3c(-c4ccccc4)cc(-c4ccccc4)cc3-c3ccccc3)cc3c4c5c(c(C#N)cc4n1c32)C1c2ccccc2C5c2ccccc21.